The molecule has 0 saturated carbocycles. The minimum atomic E-state index is -0.129. The van der Waals surface area contributed by atoms with Gasteiger partial charge < -0.3 is 15.4 Å². The highest BCUT2D eigenvalue weighted by Gasteiger charge is 2.07. The number of aromatic nitrogens is 1. The Labute approximate surface area is 81.0 Å². The summed E-state index contributed by atoms with van der Waals surface area (Å²) in [6.45, 7) is -0.129. The van der Waals surface area contributed by atoms with E-state index in [1.807, 2.05) is 18.2 Å². The topological polar surface area (TPSA) is 72.3 Å². The van der Waals surface area contributed by atoms with Gasteiger partial charge in [0.2, 0.25) is 0 Å². The van der Waals surface area contributed by atoms with Crippen molar-refractivity contribution in [2.24, 2.45) is 0 Å². The number of para-hydroxylation sites is 1. The number of benzene rings is 1. The average molecular weight is 190 g/mol. The molecule has 0 aliphatic rings. The summed E-state index contributed by atoms with van der Waals surface area (Å²) in [5.74, 6) is 0.576. The van der Waals surface area contributed by atoms with E-state index in [4.69, 9.17) is 15.4 Å². The van der Waals surface area contributed by atoms with Gasteiger partial charge in [-0.3, -0.25) is 0 Å². The lowest BCUT2D eigenvalue weighted by molar-refractivity contribution is 0.267. The van der Waals surface area contributed by atoms with Crippen LogP contribution < -0.4 is 5.73 Å². The van der Waals surface area contributed by atoms with Crippen LogP contribution in [0, 0.1) is 0 Å². The molecule has 1 heterocycles. The van der Waals surface area contributed by atoms with Crippen LogP contribution in [0.1, 0.15) is 5.69 Å². The number of anilines is 1. The second-order valence-electron chi connectivity index (χ2n) is 2.93. The fraction of sp³-hybridized carbons (Fsp3) is 0.100. The van der Waals surface area contributed by atoms with Crippen molar-refractivity contribution in [2.75, 3.05) is 5.73 Å². The molecular formula is C10H10N2O2. The van der Waals surface area contributed by atoms with Gasteiger partial charge >= 0.3 is 0 Å². The standard InChI is InChI=1S/C10H10N2O2/c11-9-4-2-1-3-8(9)10-5-7(6-13)12-14-10/h1-5,13H,6,11H2. The molecule has 4 nitrogen and oxygen atoms in total. The van der Waals surface area contributed by atoms with Crippen molar-refractivity contribution in [3.05, 3.63) is 36.0 Å². The number of aliphatic hydroxyl groups excluding tert-OH is 1. The molecule has 0 aliphatic heterocycles. The first-order valence-corrected chi connectivity index (χ1v) is 4.22. The Hall–Kier alpha value is -1.81. The van der Waals surface area contributed by atoms with Crippen molar-refractivity contribution in [2.45, 2.75) is 6.61 Å². The Morgan fingerprint density at radius 2 is 2.14 bits per heavy atom. The molecule has 0 spiro atoms. The molecule has 14 heavy (non-hydrogen) atoms. The average Bonchev–Trinajstić information content (AvgIpc) is 2.67. The highest BCUT2D eigenvalue weighted by molar-refractivity contribution is 5.72. The van der Waals surface area contributed by atoms with Gasteiger partial charge in [0, 0.05) is 17.3 Å². The van der Waals surface area contributed by atoms with E-state index in [-0.39, 0.29) is 6.61 Å². The van der Waals surface area contributed by atoms with Crippen LogP contribution in [0.2, 0.25) is 0 Å². The van der Waals surface area contributed by atoms with Crippen LogP contribution >= 0.6 is 0 Å². The number of rotatable bonds is 2. The molecule has 1 aromatic carbocycles. The number of nitrogen functional groups attached to an aromatic ring is 1. The fourth-order valence-electron chi connectivity index (χ4n) is 1.23. The predicted octanol–water partition coefficient (Wildman–Crippen LogP) is 1.42. The van der Waals surface area contributed by atoms with Crippen molar-refractivity contribution in [1.82, 2.24) is 5.16 Å². The van der Waals surface area contributed by atoms with Gasteiger partial charge in [0.15, 0.2) is 5.76 Å². The Morgan fingerprint density at radius 3 is 2.79 bits per heavy atom. The van der Waals surface area contributed by atoms with Crippen LogP contribution in [0.5, 0.6) is 0 Å². The molecule has 0 atom stereocenters. The summed E-state index contributed by atoms with van der Waals surface area (Å²) in [6, 6.07) is 9.02. The molecule has 0 aliphatic carbocycles. The molecule has 0 fully saturated rings. The van der Waals surface area contributed by atoms with Gasteiger partial charge in [-0.25, -0.2) is 0 Å². The van der Waals surface area contributed by atoms with Crippen LogP contribution in [-0.2, 0) is 6.61 Å². The molecule has 0 amide bonds. The minimum absolute atomic E-state index is 0.129. The first-order chi connectivity index (χ1) is 6.81. The SMILES string of the molecule is Nc1ccccc1-c1cc(CO)no1. The van der Waals surface area contributed by atoms with Crippen molar-refractivity contribution in [3.8, 4) is 11.3 Å². The van der Waals surface area contributed by atoms with Crippen LogP contribution in [0.3, 0.4) is 0 Å². The van der Waals surface area contributed by atoms with Crippen LogP contribution in [-0.4, -0.2) is 10.3 Å². The molecule has 4 heteroatoms. The summed E-state index contributed by atoms with van der Waals surface area (Å²) in [7, 11) is 0. The molecule has 0 bridgehead atoms. The fourth-order valence-corrected chi connectivity index (χ4v) is 1.23. The number of aliphatic hydroxyl groups is 1. The van der Waals surface area contributed by atoms with Crippen molar-refractivity contribution < 1.29 is 9.63 Å². The number of hydrogen-bond donors (Lipinski definition) is 2. The minimum Gasteiger partial charge on any atom is -0.398 e. The van der Waals surface area contributed by atoms with Crippen LogP contribution in [0.25, 0.3) is 11.3 Å². The smallest absolute Gasteiger partial charge is 0.169 e. The first kappa shape index (κ1) is 8.77. The van der Waals surface area contributed by atoms with E-state index in [0.29, 0.717) is 17.1 Å². The maximum atomic E-state index is 8.81. The van der Waals surface area contributed by atoms with Gasteiger partial charge in [-0.2, -0.15) is 0 Å². The van der Waals surface area contributed by atoms with Crippen molar-refractivity contribution in [3.63, 3.8) is 0 Å². The Morgan fingerprint density at radius 1 is 1.36 bits per heavy atom. The first-order valence-electron chi connectivity index (χ1n) is 4.22. The third-order valence-corrected chi connectivity index (χ3v) is 1.95. The highest BCUT2D eigenvalue weighted by Crippen LogP contribution is 2.25. The summed E-state index contributed by atoms with van der Waals surface area (Å²) in [5, 5.41) is 12.5. The molecule has 2 aromatic rings. The molecule has 1 aromatic heterocycles. The zero-order valence-corrected chi connectivity index (χ0v) is 7.47. The zero-order chi connectivity index (χ0) is 9.97. The molecular weight excluding hydrogens is 180 g/mol. The number of hydrogen-bond acceptors (Lipinski definition) is 4. The molecule has 0 radical (unpaired) electrons. The molecule has 0 unspecified atom stereocenters. The molecule has 3 N–H and O–H groups in total. The van der Waals surface area contributed by atoms with E-state index in [9.17, 15) is 0 Å². The Bertz CT molecular complexity index is 437. The van der Waals surface area contributed by atoms with Crippen LogP contribution in [0.4, 0.5) is 5.69 Å². The second-order valence-corrected chi connectivity index (χ2v) is 2.93. The third kappa shape index (κ3) is 1.47. The number of nitrogens with zero attached hydrogens (tertiary/aromatic N) is 1. The van der Waals surface area contributed by atoms with E-state index in [2.05, 4.69) is 5.16 Å². The molecule has 0 saturated heterocycles. The summed E-state index contributed by atoms with van der Waals surface area (Å²) < 4.78 is 5.03. The van der Waals surface area contributed by atoms with Gasteiger partial charge in [0.05, 0.1) is 6.61 Å². The highest BCUT2D eigenvalue weighted by atomic mass is 16.5. The van der Waals surface area contributed by atoms with Gasteiger partial charge in [-0.15, -0.1) is 0 Å². The van der Waals surface area contributed by atoms with E-state index in [1.54, 1.807) is 12.1 Å². The van der Waals surface area contributed by atoms with Gasteiger partial charge in [0.25, 0.3) is 0 Å². The largest absolute Gasteiger partial charge is 0.398 e. The van der Waals surface area contributed by atoms with E-state index in [1.165, 1.54) is 0 Å². The van der Waals surface area contributed by atoms with Gasteiger partial charge in [-0.1, -0.05) is 17.3 Å². The van der Waals surface area contributed by atoms with Crippen molar-refractivity contribution in [1.29, 1.82) is 0 Å². The zero-order valence-electron chi connectivity index (χ0n) is 7.47. The quantitative estimate of drug-likeness (QED) is 0.702. The lowest BCUT2D eigenvalue weighted by Crippen LogP contribution is -1.87. The Kier molecular flexibility index (Phi) is 2.20. The van der Waals surface area contributed by atoms with Gasteiger partial charge in [0.1, 0.15) is 5.69 Å². The number of nitrogens with two attached hydrogens (primary N) is 1. The summed E-state index contributed by atoms with van der Waals surface area (Å²) in [6.07, 6.45) is 0. The normalized spacial score (nSPS) is 10.4. The van der Waals surface area contributed by atoms with Crippen LogP contribution in [0.15, 0.2) is 34.9 Å². The monoisotopic (exact) mass is 190 g/mol. The lowest BCUT2D eigenvalue weighted by atomic mass is 10.1. The summed E-state index contributed by atoms with van der Waals surface area (Å²) in [4.78, 5) is 0. The van der Waals surface area contributed by atoms with Gasteiger partial charge in [-0.05, 0) is 12.1 Å². The Balaban J connectivity index is 2.44. The lowest BCUT2D eigenvalue weighted by Gasteiger charge is -1.98. The predicted molar refractivity (Wildman–Crippen MR) is 52.3 cm³/mol. The molecule has 72 valence electrons. The summed E-state index contributed by atoms with van der Waals surface area (Å²) >= 11 is 0. The third-order valence-electron chi connectivity index (χ3n) is 1.95. The second kappa shape index (κ2) is 3.51. The van der Waals surface area contributed by atoms with Crippen molar-refractivity contribution >= 4 is 5.69 Å². The van der Waals surface area contributed by atoms with E-state index < -0.39 is 0 Å². The van der Waals surface area contributed by atoms with E-state index in [0.717, 1.165) is 5.56 Å². The summed E-state index contributed by atoms with van der Waals surface area (Å²) in [5.41, 5.74) is 7.68. The molecule has 2 rings (SSSR count). The maximum absolute atomic E-state index is 8.81. The van der Waals surface area contributed by atoms with E-state index >= 15 is 0 Å². The maximum Gasteiger partial charge on any atom is 0.169 e.